The summed E-state index contributed by atoms with van der Waals surface area (Å²) in [4.78, 5) is 15.9. The van der Waals surface area contributed by atoms with Gasteiger partial charge in [0, 0.05) is 6.20 Å². The second-order valence-corrected chi connectivity index (χ2v) is 5.03. The summed E-state index contributed by atoms with van der Waals surface area (Å²) >= 11 is 0. The van der Waals surface area contributed by atoms with Crippen molar-refractivity contribution in [2.45, 2.75) is 6.92 Å². The van der Waals surface area contributed by atoms with Crippen molar-refractivity contribution < 1.29 is 4.79 Å². The maximum Gasteiger partial charge on any atom is 0.289 e. The molecule has 3 rings (SSSR count). The van der Waals surface area contributed by atoms with Crippen LogP contribution in [0.2, 0.25) is 0 Å². The van der Waals surface area contributed by atoms with Crippen molar-refractivity contribution in [3.8, 4) is 0 Å². The molecule has 0 saturated carbocycles. The minimum atomic E-state index is -0.322. The van der Waals surface area contributed by atoms with E-state index in [1.807, 2.05) is 49.4 Å². The van der Waals surface area contributed by atoms with E-state index in [9.17, 15) is 4.79 Å². The molecule has 0 unspecified atom stereocenters. The number of rotatable bonds is 3. The Morgan fingerprint density at radius 1 is 1.09 bits per heavy atom. The van der Waals surface area contributed by atoms with Gasteiger partial charge in [-0.2, -0.15) is 5.10 Å². The van der Waals surface area contributed by atoms with Crippen LogP contribution in [0.25, 0.3) is 10.8 Å². The molecule has 0 aliphatic heterocycles. The quantitative estimate of drug-likeness (QED) is 0.594. The summed E-state index contributed by atoms with van der Waals surface area (Å²) < 4.78 is 0. The van der Waals surface area contributed by atoms with Crippen molar-refractivity contribution in [2.75, 3.05) is 0 Å². The van der Waals surface area contributed by atoms with Crippen molar-refractivity contribution in [1.29, 1.82) is 0 Å². The van der Waals surface area contributed by atoms with E-state index in [0.29, 0.717) is 5.69 Å². The Morgan fingerprint density at radius 3 is 2.68 bits per heavy atom. The summed E-state index contributed by atoms with van der Waals surface area (Å²) in [6.45, 7) is 1.92. The number of carbonyl (C=O) groups excluding carboxylic acids is 1. The van der Waals surface area contributed by atoms with Crippen LogP contribution < -0.4 is 5.43 Å². The lowest BCUT2D eigenvalue weighted by Crippen LogP contribution is -2.18. The molecule has 0 aliphatic carbocycles. The molecule has 1 N–H and O–H groups in total. The van der Waals surface area contributed by atoms with Crippen molar-refractivity contribution in [3.63, 3.8) is 0 Å². The van der Waals surface area contributed by atoms with Crippen molar-refractivity contribution >= 4 is 22.9 Å². The molecule has 108 valence electrons. The van der Waals surface area contributed by atoms with Gasteiger partial charge in [-0.05, 0) is 41.0 Å². The Morgan fingerprint density at radius 2 is 1.91 bits per heavy atom. The molecule has 1 amide bonds. The average molecular weight is 289 g/mol. The number of nitrogens with zero attached hydrogens (tertiary/aromatic N) is 2. The highest BCUT2D eigenvalue weighted by atomic mass is 16.2. The number of benzene rings is 2. The maximum absolute atomic E-state index is 11.9. The summed E-state index contributed by atoms with van der Waals surface area (Å²) in [6.07, 6.45) is 3.28. The van der Waals surface area contributed by atoms with E-state index < -0.39 is 0 Å². The van der Waals surface area contributed by atoms with Gasteiger partial charge in [-0.15, -0.1) is 0 Å². The zero-order chi connectivity index (χ0) is 15.4. The number of pyridine rings is 1. The van der Waals surface area contributed by atoms with Gasteiger partial charge < -0.3 is 0 Å². The number of fused-ring (bicyclic) bond motifs is 1. The number of aromatic nitrogens is 1. The lowest BCUT2D eigenvalue weighted by atomic mass is 10.1. The molecule has 22 heavy (non-hydrogen) atoms. The Bertz CT molecular complexity index is 838. The number of hydrazone groups is 1. The number of hydrogen-bond acceptors (Lipinski definition) is 3. The first kappa shape index (κ1) is 13.9. The van der Waals surface area contributed by atoms with E-state index in [1.54, 1.807) is 18.5 Å². The van der Waals surface area contributed by atoms with Gasteiger partial charge in [-0.3, -0.25) is 9.78 Å². The number of nitrogens with one attached hydrogen (secondary N) is 1. The van der Waals surface area contributed by atoms with Gasteiger partial charge in [0.2, 0.25) is 0 Å². The van der Waals surface area contributed by atoms with Crippen molar-refractivity contribution in [3.05, 3.63) is 77.6 Å². The van der Waals surface area contributed by atoms with Crippen LogP contribution in [0.5, 0.6) is 0 Å². The number of aryl methyl sites for hydroxylation is 1. The molecule has 0 bridgehead atoms. The minimum absolute atomic E-state index is 0.322. The van der Waals surface area contributed by atoms with Crippen LogP contribution >= 0.6 is 0 Å². The van der Waals surface area contributed by atoms with Crippen LogP contribution in [0.1, 0.15) is 21.6 Å². The smallest absolute Gasteiger partial charge is 0.266 e. The van der Waals surface area contributed by atoms with Gasteiger partial charge >= 0.3 is 0 Å². The lowest BCUT2D eigenvalue weighted by Gasteiger charge is -2.00. The van der Waals surface area contributed by atoms with E-state index in [2.05, 4.69) is 21.6 Å². The molecule has 4 nitrogen and oxygen atoms in total. The maximum atomic E-state index is 11.9. The van der Waals surface area contributed by atoms with Crippen LogP contribution in [0.4, 0.5) is 0 Å². The highest BCUT2D eigenvalue weighted by molar-refractivity contribution is 5.94. The van der Waals surface area contributed by atoms with Crippen LogP contribution in [-0.2, 0) is 0 Å². The predicted octanol–water partition coefficient (Wildman–Crippen LogP) is 3.31. The normalized spacial score (nSPS) is 11.0. The summed E-state index contributed by atoms with van der Waals surface area (Å²) in [6, 6.07) is 17.6. The van der Waals surface area contributed by atoms with Gasteiger partial charge in [0.05, 0.1) is 6.21 Å². The van der Waals surface area contributed by atoms with Crippen LogP contribution in [0.15, 0.2) is 65.9 Å². The zero-order valence-electron chi connectivity index (χ0n) is 12.2. The van der Waals surface area contributed by atoms with E-state index in [0.717, 1.165) is 16.5 Å². The fourth-order valence-electron chi connectivity index (χ4n) is 2.11. The third-order valence-electron chi connectivity index (χ3n) is 3.30. The van der Waals surface area contributed by atoms with Gasteiger partial charge in [-0.1, -0.05) is 42.5 Å². The molecule has 1 aromatic heterocycles. The first-order chi connectivity index (χ1) is 10.7. The second-order valence-electron chi connectivity index (χ2n) is 5.03. The first-order valence-corrected chi connectivity index (χ1v) is 6.97. The van der Waals surface area contributed by atoms with Gasteiger partial charge in [0.1, 0.15) is 5.69 Å². The summed E-state index contributed by atoms with van der Waals surface area (Å²) in [7, 11) is 0. The molecule has 0 aliphatic rings. The molecule has 0 fully saturated rings. The monoisotopic (exact) mass is 289 g/mol. The first-order valence-electron chi connectivity index (χ1n) is 6.97. The molecule has 1 heterocycles. The molecule has 0 spiro atoms. The summed E-state index contributed by atoms with van der Waals surface area (Å²) in [5, 5.41) is 6.29. The molecular formula is C18H15N3O. The van der Waals surface area contributed by atoms with Gasteiger partial charge in [0.15, 0.2) is 0 Å². The van der Waals surface area contributed by atoms with E-state index >= 15 is 0 Å². The molecule has 4 heteroatoms. The zero-order valence-corrected chi connectivity index (χ0v) is 12.2. The van der Waals surface area contributed by atoms with Crippen molar-refractivity contribution in [1.82, 2.24) is 10.4 Å². The molecule has 0 radical (unpaired) electrons. The largest absolute Gasteiger partial charge is 0.289 e. The SMILES string of the molecule is Cc1ccc(C(=O)N/N=C/c2ccc3ccccc3c2)nc1. The highest BCUT2D eigenvalue weighted by Crippen LogP contribution is 2.14. The van der Waals surface area contributed by atoms with Crippen LogP contribution in [0.3, 0.4) is 0 Å². The predicted molar refractivity (Wildman–Crippen MR) is 88.0 cm³/mol. The molecule has 0 saturated heterocycles. The minimum Gasteiger partial charge on any atom is -0.266 e. The second kappa shape index (κ2) is 6.18. The summed E-state index contributed by atoms with van der Waals surface area (Å²) in [5.74, 6) is -0.322. The molecule has 3 aromatic rings. The molecular weight excluding hydrogens is 274 g/mol. The fourth-order valence-corrected chi connectivity index (χ4v) is 2.11. The average Bonchev–Trinajstić information content (AvgIpc) is 2.55. The van der Waals surface area contributed by atoms with E-state index in [1.165, 1.54) is 5.39 Å². The highest BCUT2D eigenvalue weighted by Gasteiger charge is 2.04. The standard InChI is InChI=1S/C18H15N3O/c1-13-6-9-17(19-11-13)18(22)21-20-12-14-7-8-15-4-2-3-5-16(15)10-14/h2-12H,1H3,(H,21,22)/b20-12+. The Labute approximate surface area is 128 Å². The van der Waals surface area contributed by atoms with Gasteiger partial charge in [0.25, 0.3) is 5.91 Å². The third-order valence-corrected chi connectivity index (χ3v) is 3.30. The lowest BCUT2D eigenvalue weighted by molar-refractivity contribution is 0.0950. The Balaban J connectivity index is 1.70. The fraction of sp³-hybridized carbons (Fsp3) is 0.0556. The topological polar surface area (TPSA) is 54.4 Å². The third kappa shape index (κ3) is 3.17. The Kier molecular flexibility index (Phi) is 3.92. The molecule has 0 atom stereocenters. The van der Waals surface area contributed by atoms with E-state index in [4.69, 9.17) is 0 Å². The number of carbonyl (C=O) groups is 1. The summed E-state index contributed by atoms with van der Waals surface area (Å²) in [5.41, 5.74) is 4.77. The number of hydrogen-bond donors (Lipinski definition) is 1. The van der Waals surface area contributed by atoms with Crippen molar-refractivity contribution in [2.24, 2.45) is 5.10 Å². The number of amides is 1. The molecule has 2 aromatic carbocycles. The Hall–Kier alpha value is -3.01. The van der Waals surface area contributed by atoms with Gasteiger partial charge in [-0.25, -0.2) is 5.43 Å². The van der Waals surface area contributed by atoms with E-state index in [-0.39, 0.29) is 5.91 Å². The van der Waals surface area contributed by atoms with Crippen LogP contribution in [0, 0.1) is 6.92 Å². The van der Waals surface area contributed by atoms with Crippen LogP contribution in [-0.4, -0.2) is 17.1 Å².